The van der Waals surface area contributed by atoms with Crippen LogP contribution in [0.3, 0.4) is 0 Å². The summed E-state index contributed by atoms with van der Waals surface area (Å²) < 4.78 is 31.4. The first-order valence-corrected chi connectivity index (χ1v) is 15.8. The minimum absolute atomic E-state index is 0. The van der Waals surface area contributed by atoms with Gasteiger partial charge in [0.25, 0.3) is 0 Å². The number of hydrogen-bond acceptors (Lipinski definition) is 11. The normalized spacial score (nSPS) is 18.7. The van der Waals surface area contributed by atoms with Gasteiger partial charge in [0.15, 0.2) is 5.79 Å². The van der Waals surface area contributed by atoms with Crippen LogP contribution in [0.15, 0.2) is 30.3 Å². The zero-order chi connectivity index (χ0) is 33.7. The first kappa shape index (κ1) is 42.3. The van der Waals surface area contributed by atoms with Gasteiger partial charge < -0.3 is 39.1 Å². The maximum atomic E-state index is 12.2. The lowest BCUT2D eigenvalue weighted by atomic mass is 9.80. The van der Waals surface area contributed by atoms with E-state index in [0.717, 1.165) is 5.56 Å². The average Bonchev–Trinajstić information content (AvgIpc) is 3.49. The molecule has 1 spiro atoms. The molecule has 2 amide bonds. The van der Waals surface area contributed by atoms with E-state index < -0.39 is 47.6 Å². The molecule has 2 atom stereocenters. The van der Waals surface area contributed by atoms with E-state index in [-0.39, 0.29) is 39.1 Å². The van der Waals surface area contributed by atoms with E-state index >= 15 is 0 Å². The van der Waals surface area contributed by atoms with E-state index in [1.807, 2.05) is 30.3 Å². The van der Waals surface area contributed by atoms with Gasteiger partial charge in [-0.1, -0.05) is 45.2 Å². The highest BCUT2D eigenvalue weighted by Crippen LogP contribution is 2.39. The monoisotopic (exact) mass is 680 g/mol. The predicted molar refractivity (Wildman–Crippen MR) is 178 cm³/mol. The number of Topliss-reactive ketones (excluding diaryl/α,β-unsaturated/α-hetero) is 1. The lowest BCUT2D eigenvalue weighted by Crippen LogP contribution is -2.49. The maximum Gasteiger partial charge on any atom is 0.408 e. The first-order valence-electron chi connectivity index (χ1n) is 15.8. The van der Waals surface area contributed by atoms with Gasteiger partial charge in [-0.2, -0.15) is 0 Å². The Bertz CT molecular complexity index is 1160. The molecular weight excluding hydrogens is 624 g/mol. The highest BCUT2D eigenvalue weighted by Gasteiger charge is 2.44. The van der Waals surface area contributed by atoms with Crippen molar-refractivity contribution in [2.75, 3.05) is 27.4 Å². The van der Waals surface area contributed by atoms with Crippen molar-refractivity contribution < 1.29 is 52.4 Å². The second-order valence-corrected chi connectivity index (χ2v) is 12.7. The zero-order valence-electron chi connectivity index (χ0n) is 27.5. The topological polar surface area (TPSA) is 165 Å². The summed E-state index contributed by atoms with van der Waals surface area (Å²) >= 11 is 0. The molecule has 272 valence electrons. The molecule has 2 aliphatic carbocycles. The Hall–Kier alpha value is -3.71. The van der Waals surface area contributed by atoms with Crippen molar-refractivity contribution in [3.8, 4) is 0 Å². The fourth-order valence-electron chi connectivity index (χ4n) is 5.81. The van der Waals surface area contributed by atoms with Gasteiger partial charge >= 0.3 is 24.1 Å². The van der Waals surface area contributed by atoms with E-state index in [9.17, 15) is 24.0 Å². The molecule has 4 rings (SSSR count). The van der Waals surface area contributed by atoms with Crippen LogP contribution < -0.4 is 10.6 Å². The van der Waals surface area contributed by atoms with Crippen LogP contribution in [0.4, 0.5) is 9.59 Å². The van der Waals surface area contributed by atoms with E-state index in [4.69, 9.17) is 28.4 Å². The van der Waals surface area contributed by atoms with Crippen LogP contribution in [-0.2, 0) is 49.4 Å². The highest BCUT2D eigenvalue weighted by molar-refractivity contribution is 5.83. The van der Waals surface area contributed by atoms with Crippen molar-refractivity contribution in [1.82, 2.24) is 10.6 Å². The number of nitrogens with one attached hydrogen (secondary N) is 2. The van der Waals surface area contributed by atoms with E-state index in [1.165, 1.54) is 14.2 Å². The minimum atomic E-state index is -0.761. The summed E-state index contributed by atoms with van der Waals surface area (Å²) in [5.41, 5.74) is 0.250. The number of esters is 2. The Kier molecular flexibility index (Phi) is 17.6. The highest BCUT2D eigenvalue weighted by atomic mass is 16.7. The molecule has 1 aromatic carbocycles. The summed E-state index contributed by atoms with van der Waals surface area (Å²) in [6, 6.07) is 7.88. The second kappa shape index (κ2) is 20.0. The number of carbonyl (C=O) groups excluding carboxylic acids is 5. The predicted octanol–water partition coefficient (Wildman–Crippen LogP) is 5.47. The third-order valence-electron chi connectivity index (χ3n) is 8.20. The number of benzene rings is 1. The summed E-state index contributed by atoms with van der Waals surface area (Å²) in [5.74, 6) is -1.41. The molecule has 0 bridgehead atoms. The van der Waals surface area contributed by atoms with Crippen LogP contribution in [0.2, 0.25) is 0 Å². The van der Waals surface area contributed by atoms with Crippen LogP contribution in [0.5, 0.6) is 0 Å². The fraction of sp³-hybridized carbons (Fsp3) is 0.686. The number of ketones is 1. The van der Waals surface area contributed by atoms with Crippen molar-refractivity contribution in [2.45, 2.75) is 117 Å². The third-order valence-corrected chi connectivity index (χ3v) is 8.20. The number of amides is 2. The van der Waals surface area contributed by atoms with E-state index in [1.54, 1.807) is 20.8 Å². The largest absolute Gasteiger partial charge is 0.467 e. The van der Waals surface area contributed by atoms with Crippen LogP contribution >= 0.6 is 0 Å². The molecular formula is C35H56N2O11. The summed E-state index contributed by atoms with van der Waals surface area (Å²) in [5, 5.41) is 5.23. The minimum Gasteiger partial charge on any atom is -0.467 e. The van der Waals surface area contributed by atoms with Gasteiger partial charge in [-0.3, -0.25) is 4.79 Å². The van der Waals surface area contributed by atoms with Crippen molar-refractivity contribution in [3.05, 3.63) is 35.9 Å². The summed E-state index contributed by atoms with van der Waals surface area (Å²) in [6.45, 7) is 6.61. The quantitative estimate of drug-likeness (QED) is 0.264. The Morgan fingerprint density at radius 3 is 1.77 bits per heavy atom. The van der Waals surface area contributed by atoms with E-state index in [0.29, 0.717) is 64.6 Å². The van der Waals surface area contributed by atoms with Crippen LogP contribution in [-0.4, -0.2) is 80.8 Å². The molecule has 1 heterocycles. The van der Waals surface area contributed by atoms with Crippen molar-refractivity contribution in [1.29, 1.82) is 0 Å². The summed E-state index contributed by atoms with van der Waals surface area (Å²) in [4.78, 5) is 59.2. The molecule has 3 fully saturated rings. The van der Waals surface area contributed by atoms with E-state index in [2.05, 4.69) is 10.6 Å². The van der Waals surface area contributed by atoms with Crippen molar-refractivity contribution in [2.24, 2.45) is 11.8 Å². The number of ether oxygens (including phenoxy) is 6. The second-order valence-electron chi connectivity index (χ2n) is 12.7. The molecule has 2 saturated carbocycles. The van der Waals surface area contributed by atoms with Crippen LogP contribution in [0.25, 0.3) is 0 Å². The van der Waals surface area contributed by atoms with Gasteiger partial charge in [0.2, 0.25) is 0 Å². The third kappa shape index (κ3) is 13.4. The van der Waals surface area contributed by atoms with Gasteiger partial charge in [0.05, 0.1) is 27.4 Å². The number of alkyl carbamates (subject to hydrolysis) is 2. The molecule has 2 N–H and O–H groups in total. The lowest BCUT2D eigenvalue weighted by Gasteiger charge is -2.37. The SMILES string of the molecule is C.C.COC(=O)[C@@H](NC(=O)OC(C)(C)C)C1CCC(=O)CC1.COC(=O)[C@@H](NC(=O)OCc1ccccc1)C1CCC2(CC1)OCCO2. The molecule has 1 saturated heterocycles. The molecule has 13 heteroatoms. The van der Waals surface area contributed by atoms with Crippen molar-refractivity contribution in [3.63, 3.8) is 0 Å². The number of carbonyl (C=O) groups is 5. The van der Waals surface area contributed by atoms with Crippen LogP contribution in [0, 0.1) is 11.8 Å². The Balaban J connectivity index is 0.000000477. The van der Waals surface area contributed by atoms with Gasteiger partial charge in [-0.05, 0) is 63.9 Å². The summed E-state index contributed by atoms with van der Waals surface area (Å²) in [7, 11) is 2.60. The van der Waals surface area contributed by atoms with Gasteiger partial charge in [0.1, 0.15) is 30.1 Å². The number of rotatable bonds is 8. The lowest BCUT2D eigenvalue weighted by molar-refractivity contribution is -0.185. The Morgan fingerprint density at radius 2 is 1.29 bits per heavy atom. The smallest absolute Gasteiger partial charge is 0.408 e. The summed E-state index contributed by atoms with van der Waals surface area (Å²) in [6.07, 6.45) is 3.57. The molecule has 48 heavy (non-hydrogen) atoms. The average molecular weight is 681 g/mol. The Labute approximate surface area is 285 Å². The number of methoxy groups -OCH3 is 2. The molecule has 0 aromatic heterocycles. The molecule has 3 aliphatic rings. The Morgan fingerprint density at radius 1 is 0.812 bits per heavy atom. The van der Waals surface area contributed by atoms with Crippen molar-refractivity contribution >= 4 is 29.9 Å². The first-order chi connectivity index (χ1) is 21.8. The van der Waals surface area contributed by atoms with Gasteiger partial charge in [-0.25, -0.2) is 19.2 Å². The van der Waals surface area contributed by atoms with Gasteiger partial charge in [0, 0.05) is 25.7 Å². The van der Waals surface area contributed by atoms with Crippen LogP contribution in [0.1, 0.15) is 92.6 Å². The molecule has 13 nitrogen and oxygen atoms in total. The standard InChI is InChI=1S/C19H25NO6.C14H23NO5.2CH4/c1-23-17(21)16(15-7-9-19(10-8-15)25-11-12-26-19)20-18(22)24-13-14-5-3-2-4-6-14;1-14(2,3)20-13(18)15-11(12(17)19-4)9-5-7-10(16)8-6-9;;/h2-6,15-16H,7-13H2,1H3,(H,20,22);9,11H,5-8H2,1-4H3,(H,15,18);2*1H4/t16-;11-;;/m00../s1. The molecule has 0 unspecified atom stereocenters. The van der Waals surface area contributed by atoms with Gasteiger partial charge in [-0.15, -0.1) is 0 Å². The molecule has 1 aromatic rings. The molecule has 0 radical (unpaired) electrons. The number of hydrogen-bond donors (Lipinski definition) is 2. The molecule has 1 aliphatic heterocycles. The maximum absolute atomic E-state index is 12.2. The fourth-order valence-corrected chi connectivity index (χ4v) is 5.81. The zero-order valence-corrected chi connectivity index (χ0v) is 27.5.